The maximum atomic E-state index is 12.0. The molecule has 5 rings (SSSR count). The summed E-state index contributed by atoms with van der Waals surface area (Å²) in [6, 6.07) is 14.4. The highest BCUT2D eigenvalue weighted by atomic mass is 16.4. The molecule has 3 heterocycles. The highest BCUT2D eigenvalue weighted by Gasteiger charge is 2.39. The molecular weight excluding hydrogens is 349 g/mol. The van der Waals surface area contributed by atoms with Gasteiger partial charge in [-0.3, -0.25) is 4.79 Å². The maximum absolute atomic E-state index is 12.0. The zero-order valence-corrected chi connectivity index (χ0v) is 15.8. The Balaban J connectivity index is 1.47. The summed E-state index contributed by atoms with van der Waals surface area (Å²) in [4.78, 5) is 12.0. The smallest absolute Gasteiger partial charge is 0.409 e. The van der Waals surface area contributed by atoms with Crippen molar-refractivity contribution in [3.63, 3.8) is 0 Å². The second-order valence-electron chi connectivity index (χ2n) is 7.54. The van der Waals surface area contributed by atoms with E-state index >= 15 is 0 Å². The molecule has 3 N–H and O–H groups in total. The summed E-state index contributed by atoms with van der Waals surface area (Å²) in [6.45, 7) is 2.93. The summed E-state index contributed by atoms with van der Waals surface area (Å²) < 4.78 is 8.44. The van der Waals surface area contributed by atoms with E-state index in [-0.39, 0.29) is 18.6 Å². The lowest BCUT2D eigenvalue weighted by Crippen LogP contribution is -2.44. The quantitative estimate of drug-likeness (QED) is 0.547. The van der Waals surface area contributed by atoms with Crippen LogP contribution >= 0.6 is 0 Å². The molecule has 6 heteroatoms. The van der Waals surface area contributed by atoms with Gasteiger partial charge in [-0.2, -0.15) is 0 Å². The van der Waals surface area contributed by atoms with E-state index in [0.717, 1.165) is 35.5 Å². The summed E-state index contributed by atoms with van der Waals surface area (Å²) >= 11 is 0. The fourth-order valence-corrected chi connectivity index (χ4v) is 4.29. The van der Waals surface area contributed by atoms with Gasteiger partial charge in [0.2, 0.25) is 0 Å². The highest BCUT2D eigenvalue weighted by Crippen LogP contribution is 2.35. The van der Waals surface area contributed by atoms with E-state index in [0.29, 0.717) is 12.1 Å². The minimum absolute atomic E-state index is 0.0385. The lowest BCUT2D eigenvalue weighted by atomic mass is 9.58. The predicted octanol–water partition coefficient (Wildman–Crippen LogP) is 2.82. The first-order valence-corrected chi connectivity index (χ1v) is 9.71. The number of hydrogen-bond acceptors (Lipinski definition) is 4. The van der Waals surface area contributed by atoms with E-state index in [1.54, 1.807) is 6.92 Å². The molecule has 1 atom stereocenters. The molecule has 1 aromatic heterocycles. The third-order valence-electron chi connectivity index (χ3n) is 5.69. The molecule has 1 unspecified atom stereocenters. The van der Waals surface area contributed by atoms with E-state index in [9.17, 15) is 4.79 Å². The summed E-state index contributed by atoms with van der Waals surface area (Å²) in [5.74, 6) is 3.10. The van der Waals surface area contributed by atoms with Crippen LogP contribution in [0.2, 0.25) is 0 Å². The second-order valence-corrected chi connectivity index (χ2v) is 7.54. The molecule has 2 aromatic carbocycles. The molecule has 5 nitrogen and oxygen atoms in total. The molecular formula is C22H22BN3O2. The maximum Gasteiger partial charge on any atom is 0.409 e. The molecule has 3 aromatic rings. The van der Waals surface area contributed by atoms with Crippen LogP contribution in [0.4, 0.5) is 0 Å². The Labute approximate surface area is 164 Å². The van der Waals surface area contributed by atoms with E-state index in [1.807, 2.05) is 18.2 Å². The van der Waals surface area contributed by atoms with Crippen molar-refractivity contribution in [2.45, 2.75) is 25.8 Å². The van der Waals surface area contributed by atoms with Gasteiger partial charge in [0.1, 0.15) is 5.75 Å². The molecule has 28 heavy (non-hydrogen) atoms. The number of rotatable bonds is 4. The van der Waals surface area contributed by atoms with Gasteiger partial charge in [-0.25, -0.2) is 0 Å². The number of Topliss-reactive ketones (excluding diaryl/α,β-unsaturated/α-hetero) is 1. The van der Waals surface area contributed by atoms with Crippen LogP contribution in [0.3, 0.4) is 0 Å². The first kappa shape index (κ1) is 17.1. The Hall–Kier alpha value is -2.99. The zero-order chi connectivity index (χ0) is 19.3. The number of carbonyl (C=O) groups excluding carboxylic acids is 1. The SMILES string of the molecule is CC(=O)c1cccc2c1OB1C=C(c3ccc4ccn(CCN)c4c3)NC1C2. The molecule has 0 radical (unpaired) electrons. The number of nitrogens with two attached hydrogens (primary N) is 1. The fourth-order valence-electron chi connectivity index (χ4n) is 4.29. The predicted molar refractivity (Wildman–Crippen MR) is 112 cm³/mol. The average Bonchev–Trinajstić information content (AvgIpc) is 3.29. The Morgan fingerprint density at radius 3 is 3.04 bits per heavy atom. The minimum atomic E-state index is -0.0745. The number of nitrogens with zero attached hydrogens (tertiary/aromatic N) is 1. The van der Waals surface area contributed by atoms with E-state index in [1.165, 1.54) is 10.9 Å². The summed E-state index contributed by atoms with van der Waals surface area (Å²) in [5.41, 5.74) is 10.9. The van der Waals surface area contributed by atoms with Crippen molar-refractivity contribution in [2.75, 3.05) is 6.54 Å². The van der Waals surface area contributed by atoms with Gasteiger partial charge in [-0.05, 0) is 54.0 Å². The van der Waals surface area contributed by atoms with Crippen molar-refractivity contribution in [1.29, 1.82) is 0 Å². The normalized spacial score (nSPS) is 17.6. The largest absolute Gasteiger partial charge is 0.554 e. The van der Waals surface area contributed by atoms with Crippen molar-refractivity contribution in [1.82, 2.24) is 9.88 Å². The molecule has 0 aliphatic carbocycles. The van der Waals surface area contributed by atoms with Crippen LogP contribution in [0.25, 0.3) is 16.6 Å². The average molecular weight is 371 g/mol. The minimum Gasteiger partial charge on any atom is -0.554 e. The molecule has 0 fully saturated rings. The van der Waals surface area contributed by atoms with E-state index in [2.05, 4.69) is 46.3 Å². The highest BCUT2D eigenvalue weighted by molar-refractivity contribution is 6.63. The molecule has 2 aliphatic rings. The monoisotopic (exact) mass is 371 g/mol. The molecule has 0 amide bonds. The van der Waals surface area contributed by atoms with Crippen molar-refractivity contribution in [3.8, 4) is 5.75 Å². The van der Waals surface area contributed by atoms with Crippen LogP contribution in [-0.4, -0.2) is 29.8 Å². The van der Waals surface area contributed by atoms with Gasteiger partial charge < -0.3 is 20.3 Å². The van der Waals surface area contributed by atoms with Crippen LogP contribution in [0, 0.1) is 0 Å². The number of ketones is 1. The first-order valence-electron chi connectivity index (χ1n) is 9.71. The van der Waals surface area contributed by atoms with Gasteiger partial charge in [0.05, 0.1) is 11.5 Å². The number of nitrogens with one attached hydrogen (secondary N) is 1. The van der Waals surface area contributed by atoms with Crippen molar-refractivity contribution < 1.29 is 9.45 Å². The molecule has 0 bridgehead atoms. The van der Waals surface area contributed by atoms with Crippen LogP contribution < -0.4 is 15.7 Å². The molecule has 2 aliphatic heterocycles. The van der Waals surface area contributed by atoms with Crippen LogP contribution in [0.15, 0.2) is 54.6 Å². The topological polar surface area (TPSA) is 69.3 Å². The van der Waals surface area contributed by atoms with Crippen molar-refractivity contribution in [2.24, 2.45) is 5.73 Å². The van der Waals surface area contributed by atoms with E-state index < -0.39 is 0 Å². The Morgan fingerprint density at radius 1 is 1.32 bits per heavy atom. The van der Waals surface area contributed by atoms with E-state index in [4.69, 9.17) is 10.4 Å². The molecule has 140 valence electrons. The van der Waals surface area contributed by atoms with Crippen molar-refractivity contribution >= 4 is 29.3 Å². The summed E-state index contributed by atoms with van der Waals surface area (Å²) in [6.07, 6.45) is 2.92. The molecule has 0 saturated heterocycles. The van der Waals surface area contributed by atoms with Gasteiger partial charge in [0, 0.05) is 30.5 Å². The standard InChI is InChI=1S/C22H22BN3O2/c1-14(27)18-4-2-3-17-12-21-23(28-22(17)18)13-19(25-21)16-6-5-15-7-9-26(10-8-24)20(15)11-16/h2-7,9,11,13,21,25H,8,10,12,24H2,1H3. The summed E-state index contributed by atoms with van der Waals surface area (Å²) in [5, 5.41) is 4.84. The second kappa shape index (κ2) is 6.57. The van der Waals surface area contributed by atoms with Gasteiger partial charge in [-0.1, -0.05) is 24.3 Å². The number of benzene rings is 2. The van der Waals surface area contributed by atoms with Crippen LogP contribution in [0.5, 0.6) is 5.75 Å². The zero-order valence-electron chi connectivity index (χ0n) is 15.8. The van der Waals surface area contributed by atoms with Gasteiger partial charge in [0.15, 0.2) is 5.78 Å². The number of carbonyl (C=O) groups is 1. The Morgan fingerprint density at radius 2 is 2.21 bits per heavy atom. The number of fused-ring (bicyclic) bond motifs is 3. The lowest BCUT2D eigenvalue weighted by molar-refractivity contribution is 0.101. The third-order valence-corrected chi connectivity index (χ3v) is 5.69. The lowest BCUT2D eigenvalue weighted by Gasteiger charge is -2.28. The van der Waals surface area contributed by atoms with Crippen LogP contribution in [-0.2, 0) is 13.0 Å². The van der Waals surface area contributed by atoms with Gasteiger partial charge in [-0.15, -0.1) is 0 Å². The summed E-state index contributed by atoms with van der Waals surface area (Å²) in [7, 11) is 0. The number of hydrogen-bond donors (Lipinski definition) is 2. The first-order chi connectivity index (χ1) is 13.6. The fraction of sp³-hybridized carbons (Fsp3) is 0.227. The van der Waals surface area contributed by atoms with Gasteiger partial charge in [0.25, 0.3) is 0 Å². The molecule has 0 saturated carbocycles. The molecule has 0 spiro atoms. The number of aromatic nitrogens is 1. The third kappa shape index (κ3) is 2.72. The Bertz CT molecular complexity index is 1120. The number of para-hydroxylation sites is 1. The van der Waals surface area contributed by atoms with Gasteiger partial charge >= 0.3 is 6.92 Å². The van der Waals surface area contributed by atoms with Crippen LogP contribution in [0.1, 0.15) is 28.4 Å². The van der Waals surface area contributed by atoms with Crippen molar-refractivity contribution in [3.05, 3.63) is 71.3 Å². The Kier molecular flexibility index (Phi) is 4.02.